The fourth-order valence-electron chi connectivity index (χ4n) is 3.76. The fourth-order valence-corrected chi connectivity index (χ4v) is 3.87. The Morgan fingerprint density at radius 3 is 2.57 bits per heavy atom. The number of nitrogens with zero attached hydrogens (tertiary/aromatic N) is 1. The summed E-state index contributed by atoms with van der Waals surface area (Å²) in [6, 6.07) is 9.53. The zero-order valence-electron chi connectivity index (χ0n) is 16.4. The van der Waals surface area contributed by atoms with Gasteiger partial charge in [0.2, 0.25) is 0 Å². The number of nitrogens with one attached hydrogen (secondary N) is 1. The van der Waals surface area contributed by atoms with Gasteiger partial charge in [-0.25, -0.2) is 4.98 Å². The molecule has 5 nitrogen and oxygen atoms in total. The first-order valence-corrected chi connectivity index (χ1v) is 10.3. The van der Waals surface area contributed by atoms with Gasteiger partial charge in [0.15, 0.2) is 11.5 Å². The van der Waals surface area contributed by atoms with Crippen molar-refractivity contribution in [2.45, 2.75) is 51.5 Å². The van der Waals surface area contributed by atoms with E-state index in [0.717, 1.165) is 37.2 Å². The van der Waals surface area contributed by atoms with E-state index in [4.69, 9.17) is 21.1 Å². The number of carbonyl (C=O) groups is 1. The Morgan fingerprint density at radius 1 is 1.11 bits per heavy atom. The Kier molecular flexibility index (Phi) is 7.15. The SMILES string of the molecule is CCOc1ccc(C2CCCCC2NC(=O)c2ccc(Cl)nc2)cc1OCC. The number of hydrogen-bond acceptors (Lipinski definition) is 4. The first-order valence-electron chi connectivity index (χ1n) is 9.94. The van der Waals surface area contributed by atoms with Crippen LogP contribution in [0.1, 0.15) is 61.4 Å². The van der Waals surface area contributed by atoms with Crippen LogP contribution in [0, 0.1) is 0 Å². The molecule has 0 radical (unpaired) electrons. The van der Waals surface area contributed by atoms with E-state index >= 15 is 0 Å². The Hall–Kier alpha value is -2.27. The molecule has 1 aliphatic carbocycles. The van der Waals surface area contributed by atoms with E-state index in [9.17, 15) is 4.79 Å². The molecule has 2 unspecified atom stereocenters. The van der Waals surface area contributed by atoms with Gasteiger partial charge < -0.3 is 14.8 Å². The third-order valence-electron chi connectivity index (χ3n) is 5.07. The second kappa shape index (κ2) is 9.78. The smallest absolute Gasteiger partial charge is 0.253 e. The predicted octanol–water partition coefficient (Wildman–Crippen LogP) is 4.99. The lowest BCUT2D eigenvalue weighted by Crippen LogP contribution is -2.41. The molecule has 0 aliphatic heterocycles. The quantitative estimate of drug-likeness (QED) is 0.663. The zero-order valence-corrected chi connectivity index (χ0v) is 17.2. The number of aromatic nitrogens is 1. The topological polar surface area (TPSA) is 60.5 Å². The van der Waals surface area contributed by atoms with Crippen molar-refractivity contribution in [3.8, 4) is 11.5 Å². The molecule has 0 saturated heterocycles. The van der Waals surface area contributed by atoms with Gasteiger partial charge >= 0.3 is 0 Å². The fraction of sp³-hybridized carbons (Fsp3) is 0.455. The maximum atomic E-state index is 12.7. The van der Waals surface area contributed by atoms with Crippen LogP contribution in [0.3, 0.4) is 0 Å². The molecule has 1 aromatic heterocycles. The van der Waals surface area contributed by atoms with Gasteiger partial charge in [0.1, 0.15) is 5.15 Å². The number of amides is 1. The standard InChI is InChI=1S/C22H27ClN2O3/c1-3-27-19-11-9-15(13-20(19)28-4-2)17-7-5-6-8-18(17)25-22(26)16-10-12-21(23)24-14-16/h9-14,17-18H,3-8H2,1-2H3,(H,25,26). The van der Waals surface area contributed by atoms with Crippen LogP contribution in [0.15, 0.2) is 36.5 Å². The molecule has 1 saturated carbocycles. The lowest BCUT2D eigenvalue weighted by atomic mass is 9.79. The molecule has 2 aromatic rings. The number of pyridine rings is 1. The van der Waals surface area contributed by atoms with E-state index in [1.165, 1.54) is 11.8 Å². The second-order valence-electron chi connectivity index (χ2n) is 6.91. The van der Waals surface area contributed by atoms with E-state index in [0.29, 0.717) is 23.9 Å². The van der Waals surface area contributed by atoms with Crippen LogP contribution >= 0.6 is 11.6 Å². The molecule has 28 heavy (non-hydrogen) atoms. The highest BCUT2D eigenvalue weighted by Gasteiger charge is 2.29. The maximum Gasteiger partial charge on any atom is 0.253 e. The summed E-state index contributed by atoms with van der Waals surface area (Å²) in [6.45, 7) is 5.10. The van der Waals surface area contributed by atoms with Crippen LogP contribution in [-0.4, -0.2) is 30.1 Å². The molecule has 150 valence electrons. The molecule has 1 N–H and O–H groups in total. The monoisotopic (exact) mass is 402 g/mol. The van der Waals surface area contributed by atoms with E-state index in [-0.39, 0.29) is 17.9 Å². The van der Waals surface area contributed by atoms with Crippen molar-refractivity contribution in [1.29, 1.82) is 0 Å². The summed E-state index contributed by atoms with van der Waals surface area (Å²) in [7, 11) is 0. The molecule has 1 aromatic carbocycles. The number of ether oxygens (including phenoxy) is 2. The normalized spacial score (nSPS) is 19.1. The van der Waals surface area contributed by atoms with E-state index < -0.39 is 0 Å². The van der Waals surface area contributed by atoms with E-state index in [1.54, 1.807) is 12.1 Å². The molecule has 3 rings (SSSR count). The third kappa shape index (κ3) is 4.96. The van der Waals surface area contributed by atoms with Gasteiger partial charge in [-0.15, -0.1) is 0 Å². The molecule has 2 atom stereocenters. The van der Waals surface area contributed by atoms with Crippen molar-refractivity contribution in [3.05, 3.63) is 52.8 Å². The predicted molar refractivity (Wildman–Crippen MR) is 110 cm³/mol. The number of benzene rings is 1. The van der Waals surface area contributed by atoms with Gasteiger partial charge in [0.05, 0.1) is 18.8 Å². The van der Waals surface area contributed by atoms with Gasteiger partial charge in [-0.2, -0.15) is 0 Å². The average molecular weight is 403 g/mol. The number of hydrogen-bond donors (Lipinski definition) is 1. The summed E-state index contributed by atoms with van der Waals surface area (Å²) in [4.78, 5) is 16.7. The third-order valence-corrected chi connectivity index (χ3v) is 5.29. The minimum absolute atomic E-state index is 0.0735. The van der Waals surface area contributed by atoms with Crippen LogP contribution in [0.5, 0.6) is 11.5 Å². The van der Waals surface area contributed by atoms with Gasteiger partial charge in [0, 0.05) is 18.2 Å². The first kappa shape index (κ1) is 20.5. The number of carbonyl (C=O) groups excluding carboxylic acids is 1. The Bertz CT molecular complexity index is 795. The summed E-state index contributed by atoms with van der Waals surface area (Å²) in [5.41, 5.74) is 1.70. The Balaban J connectivity index is 1.79. The van der Waals surface area contributed by atoms with Gasteiger partial charge in [-0.05, 0) is 56.5 Å². The average Bonchev–Trinajstić information content (AvgIpc) is 2.70. The molecular formula is C22H27ClN2O3. The van der Waals surface area contributed by atoms with Crippen LogP contribution in [0.2, 0.25) is 5.15 Å². The van der Waals surface area contributed by atoms with Gasteiger partial charge in [0.25, 0.3) is 5.91 Å². The number of rotatable bonds is 7. The van der Waals surface area contributed by atoms with Gasteiger partial charge in [-0.3, -0.25) is 4.79 Å². The molecule has 1 amide bonds. The molecule has 1 aliphatic rings. The highest BCUT2D eigenvalue weighted by Crippen LogP contribution is 2.38. The lowest BCUT2D eigenvalue weighted by Gasteiger charge is -2.33. The van der Waals surface area contributed by atoms with Crippen molar-refractivity contribution < 1.29 is 14.3 Å². The van der Waals surface area contributed by atoms with Crippen molar-refractivity contribution in [3.63, 3.8) is 0 Å². The highest BCUT2D eigenvalue weighted by molar-refractivity contribution is 6.29. The number of halogens is 1. The summed E-state index contributed by atoms with van der Waals surface area (Å²) >= 11 is 5.82. The zero-order chi connectivity index (χ0) is 19.9. The highest BCUT2D eigenvalue weighted by atomic mass is 35.5. The van der Waals surface area contributed by atoms with Crippen LogP contribution in [-0.2, 0) is 0 Å². The lowest BCUT2D eigenvalue weighted by molar-refractivity contribution is 0.0920. The minimum Gasteiger partial charge on any atom is -0.490 e. The van der Waals surface area contributed by atoms with Crippen LogP contribution in [0.4, 0.5) is 0 Å². The molecular weight excluding hydrogens is 376 g/mol. The van der Waals surface area contributed by atoms with Crippen molar-refractivity contribution in [1.82, 2.24) is 10.3 Å². The molecule has 0 bridgehead atoms. The molecule has 0 spiro atoms. The molecule has 6 heteroatoms. The Morgan fingerprint density at radius 2 is 1.86 bits per heavy atom. The first-order chi connectivity index (χ1) is 13.6. The van der Waals surface area contributed by atoms with E-state index in [1.807, 2.05) is 19.9 Å². The minimum atomic E-state index is -0.114. The maximum absolute atomic E-state index is 12.7. The largest absolute Gasteiger partial charge is 0.490 e. The van der Waals surface area contributed by atoms with Crippen LogP contribution in [0.25, 0.3) is 0 Å². The molecule has 1 heterocycles. The summed E-state index contributed by atoms with van der Waals surface area (Å²) in [6.07, 6.45) is 5.75. The van der Waals surface area contributed by atoms with Crippen molar-refractivity contribution >= 4 is 17.5 Å². The summed E-state index contributed by atoms with van der Waals surface area (Å²) in [5.74, 6) is 1.65. The summed E-state index contributed by atoms with van der Waals surface area (Å²) < 4.78 is 11.5. The van der Waals surface area contributed by atoms with E-state index in [2.05, 4.69) is 22.4 Å². The summed E-state index contributed by atoms with van der Waals surface area (Å²) in [5, 5.41) is 3.58. The Labute approximate surface area is 171 Å². The molecule has 1 fully saturated rings. The van der Waals surface area contributed by atoms with Crippen molar-refractivity contribution in [2.75, 3.05) is 13.2 Å². The van der Waals surface area contributed by atoms with Gasteiger partial charge in [-0.1, -0.05) is 30.5 Å². The second-order valence-corrected chi connectivity index (χ2v) is 7.30. The van der Waals surface area contributed by atoms with Crippen LogP contribution < -0.4 is 14.8 Å². The van der Waals surface area contributed by atoms with Crippen molar-refractivity contribution in [2.24, 2.45) is 0 Å².